The molecule has 0 bridgehead atoms. The number of halogens is 1. The summed E-state index contributed by atoms with van der Waals surface area (Å²) < 4.78 is 15.2. The molecular weight excluding hydrogens is 195 g/mol. The number of aromatic nitrogens is 2. The van der Waals surface area contributed by atoms with Crippen LogP contribution in [0.5, 0.6) is 0 Å². The van der Waals surface area contributed by atoms with Crippen LogP contribution in [0.3, 0.4) is 0 Å². The number of imidazole rings is 1. The van der Waals surface area contributed by atoms with Gasteiger partial charge in [0.15, 0.2) is 0 Å². The van der Waals surface area contributed by atoms with E-state index in [1.165, 1.54) is 6.07 Å². The highest BCUT2D eigenvalue weighted by molar-refractivity contribution is 5.56. The third kappa shape index (κ3) is 1.89. The highest BCUT2D eigenvalue weighted by Gasteiger charge is 2.09. The molecule has 2 aromatic rings. The summed E-state index contributed by atoms with van der Waals surface area (Å²) in [6.45, 7) is 0.432. The van der Waals surface area contributed by atoms with Gasteiger partial charge < -0.3 is 9.67 Å². The lowest BCUT2D eigenvalue weighted by atomic mass is 10.2. The Bertz CT molecular complexity index is 453. The Hall–Kier alpha value is -1.68. The molecule has 0 aliphatic rings. The largest absolute Gasteiger partial charge is 0.395 e. The van der Waals surface area contributed by atoms with E-state index in [1.54, 1.807) is 35.2 Å². The van der Waals surface area contributed by atoms with Gasteiger partial charge >= 0.3 is 0 Å². The zero-order valence-corrected chi connectivity index (χ0v) is 8.10. The van der Waals surface area contributed by atoms with Gasteiger partial charge in [0.2, 0.25) is 0 Å². The van der Waals surface area contributed by atoms with E-state index in [1.807, 2.05) is 0 Å². The molecule has 0 spiro atoms. The number of aliphatic hydroxyl groups is 1. The van der Waals surface area contributed by atoms with Crippen LogP contribution in [-0.2, 0) is 6.54 Å². The number of hydrogen-bond acceptors (Lipinski definition) is 2. The van der Waals surface area contributed by atoms with Crippen molar-refractivity contribution in [3.63, 3.8) is 0 Å². The first kappa shape index (κ1) is 9.86. The molecule has 1 aromatic carbocycles. The number of benzene rings is 1. The van der Waals surface area contributed by atoms with Crippen molar-refractivity contribution >= 4 is 0 Å². The Kier molecular flexibility index (Phi) is 2.78. The van der Waals surface area contributed by atoms with E-state index in [-0.39, 0.29) is 12.4 Å². The molecule has 0 unspecified atom stereocenters. The Morgan fingerprint density at radius 3 is 2.87 bits per heavy atom. The molecule has 78 valence electrons. The molecule has 0 amide bonds. The molecule has 3 nitrogen and oxygen atoms in total. The average molecular weight is 206 g/mol. The van der Waals surface area contributed by atoms with Crippen LogP contribution in [0.25, 0.3) is 11.4 Å². The van der Waals surface area contributed by atoms with Crippen LogP contribution in [0.4, 0.5) is 4.39 Å². The van der Waals surface area contributed by atoms with Crippen molar-refractivity contribution in [1.82, 2.24) is 9.55 Å². The zero-order chi connectivity index (χ0) is 10.7. The highest BCUT2D eigenvalue weighted by Crippen LogP contribution is 2.20. The van der Waals surface area contributed by atoms with Crippen molar-refractivity contribution in [3.8, 4) is 11.4 Å². The molecule has 4 heteroatoms. The summed E-state index contributed by atoms with van der Waals surface area (Å²) in [5, 5.41) is 8.84. The number of rotatable bonds is 3. The minimum Gasteiger partial charge on any atom is -0.395 e. The fraction of sp³-hybridized carbons (Fsp3) is 0.182. The summed E-state index contributed by atoms with van der Waals surface area (Å²) in [6.07, 6.45) is 3.31. The third-order valence-electron chi connectivity index (χ3n) is 2.17. The molecule has 0 aliphatic carbocycles. The summed E-state index contributed by atoms with van der Waals surface area (Å²) in [5.41, 5.74) is 0.455. The molecule has 0 radical (unpaired) electrons. The number of nitrogens with zero attached hydrogens (tertiary/aromatic N) is 2. The first-order valence-corrected chi connectivity index (χ1v) is 4.70. The van der Waals surface area contributed by atoms with Gasteiger partial charge in [-0.2, -0.15) is 0 Å². The predicted molar refractivity (Wildman–Crippen MR) is 54.7 cm³/mol. The van der Waals surface area contributed by atoms with Gasteiger partial charge in [0.1, 0.15) is 11.6 Å². The average Bonchev–Trinajstić information content (AvgIpc) is 2.67. The summed E-state index contributed by atoms with van der Waals surface area (Å²) in [4.78, 5) is 4.08. The van der Waals surface area contributed by atoms with Crippen LogP contribution in [0.1, 0.15) is 0 Å². The quantitative estimate of drug-likeness (QED) is 0.829. The van der Waals surface area contributed by atoms with Crippen LogP contribution >= 0.6 is 0 Å². The second kappa shape index (κ2) is 4.23. The number of hydrogen-bond donors (Lipinski definition) is 1. The molecule has 0 saturated carbocycles. The van der Waals surface area contributed by atoms with Gasteiger partial charge in [0.25, 0.3) is 0 Å². The van der Waals surface area contributed by atoms with Crippen LogP contribution in [-0.4, -0.2) is 21.3 Å². The van der Waals surface area contributed by atoms with Crippen LogP contribution in [0.15, 0.2) is 36.7 Å². The van der Waals surface area contributed by atoms with Gasteiger partial charge in [0, 0.05) is 18.9 Å². The van der Waals surface area contributed by atoms with E-state index in [0.717, 1.165) is 0 Å². The molecule has 1 aromatic heterocycles. The Morgan fingerprint density at radius 2 is 2.13 bits per heavy atom. The SMILES string of the molecule is OCCn1ccnc1-c1ccccc1F. The second-order valence-electron chi connectivity index (χ2n) is 3.15. The normalized spacial score (nSPS) is 10.5. The molecule has 0 saturated heterocycles. The van der Waals surface area contributed by atoms with E-state index >= 15 is 0 Å². The minimum absolute atomic E-state index is 0.0117. The van der Waals surface area contributed by atoms with Gasteiger partial charge in [-0.15, -0.1) is 0 Å². The predicted octanol–water partition coefficient (Wildman–Crippen LogP) is 1.68. The highest BCUT2D eigenvalue weighted by atomic mass is 19.1. The van der Waals surface area contributed by atoms with Gasteiger partial charge in [0.05, 0.1) is 12.2 Å². The maximum atomic E-state index is 13.5. The van der Waals surface area contributed by atoms with Gasteiger partial charge in [-0.1, -0.05) is 12.1 Å². The first-order chi connectivity index (χ1) is 7.33. The molecule has 0 fully saturated rings. The number of aliphatic hydroxyl groups excluding tert-OH is 1. The zero-order valence-electron chi connectivity index (χ0n) is 8.10. The monoisotopic (exact) mass is 206 g/mol. The lowest BCUT2D eigenvalue weighted by molar-refractivity contribution is 0.276. The summed E-state index contributed by atoms with van der Waals surface area (Å²) >= 11 is 0. The van der Waals surface area contributed by atoms with Crippen molar-refractivity contribution < 1.29 is 9.50 Å². The molecule has 2 rings (SSSR count). The van der Waals surface area contributed by atoms with Crippen molar-refractivity contribution in [2.24, 2.45) is 0 Å². The van der Waals surface area contributed by atoms with E-state index in [9.17, 15) is 4.39 Å². The topological polar surface area (TPSA) is 38.0 Å². The van der Waals surface area contributed by atoms with Gasteiger partial charge in [-0.3, -0.25) is 0 Å². The maximum absolute atomic E-state index is 13.5. The molecule has 0 atom stereocenters. The molecule has 0 aliphatic heterocycles. The summed E-state index contributed by atoms with van der Waals surface area (Å²) in [6, 6.07) is 6.47. The Labute approximate surface area is 86.8 Å². The van der Waals surface area contributed by atoms with E-state index in [2.05, 4.69) is 4.98 Å². The van der Waals surface area contributed by atoms with E-state index < -0.39 is 0 Å². The smallest absolute Gasteiger partial charge is 0.142 e. The third-order valence-corrected chi connectivity index (χ3v) is 2.17. The van der Waals surface area contributed by atoms with E-state index in [0.29, 0.717) is 17.9 Å². The summed E-state index contributed by atoms with van der Waals surface area (Å²) in [7, 11) is 0. The second-order valence-corrected chi connectivity index (χ2v) is 3.15. The minimum atomic E-state index is -0.303. The van der Waals surface area contributed by atoms with E-state index in [4.69, 9.17) is 5.11 Å². The van der Waals surface area contributed by atoms with Crippen LogP contribution in [0, 0.1) is 5.82 Å². The molecule has 1 N–H and O–H groups in total. The van der Waals surface area contributed by atoms with Crippen molar-refractivity contribution in [2.45, 2.75) is 6.54 Å². The summed E-state index contributed by atoms with van der Waals surface area (Å²) in [5.74, 6) is 0.241. The first-order valence-electron chi connectivity index (χ1n) is 4.70. The Morgan fingerprint density at radius 1 is 1.33 bits per heavy atom. The van der Waals surface area contributed by atoms with Crippen molar-refractivity contribution in [3.05, 3.63) is 42.5 Å². The van der Waals surface area contributed by atoms with Crippen molar-refractivity contribution in [2.75, 3.05) is 6.61 Å². The van der Waals surface area contributed by atoms with Crippen LogP contribution < -0.4 is 0 Å². The van der Waals surface area contributed by atoms with Crippen LogP contribution in [0.2, 0.25) is 0 Å². The van der Waals surface area contributed by atoms with Gasteiger partial charge in [-0.05, 0) is 12.1 Å². The fourth-order valence-electron chi connectivity index (χ4n) is 1.48. The van der Waals surface area contributed by atoms with Gasteiger partial charge in [-0.25, -0.2) is 9.37 Å². The standard InChI is InChI=1S/C11H11FN2O/c12-10-4-2-1-3-9(10)11-13-5-6-14(11)7-8-15/h1-6,15H,7-8H2. The molecule has 15 heavy (non-hydrogen) atoms. The lowest BCUT2D eigenvalue weighted by Crippen LogP contribution is -2.03. The molecular formula is C11H11FN2O. The van der Waals surface area contributed by atoms with Crippen molar-refractivity contribution in [1.29, 1.82) is 0 Å². The molecule has 1 heterocycles. The maximum Gasteiger partial charge on any atom is 0.142 e. The lowest BCUT2D eigenvalue weighted by Gasteiger charge is -2.06. The fourth-order valence-corrected chi connectivity index (χ4v) is 1.48. The Balaban J connectivity index is 2.45.